The summed E-state index contributed by atoms with van der Waals surface area (Å²) in [5.41, 5.74) is -0.700. The number of rotatable bonds is 7. The highest BCUT2D eigenvalue weighted by molar-refractivity contribution is 5.36. The van der Waals surface area contributed by atoms with E-state index in [2.05, 4.69) is 13.0 Å². The zero-order chi connectivity index (χ0) is 18.3. The molecule has 2 nitrogen and oxygen atoms in total. The third-order valence-electron chi connectivity index (χ3n) is 3.43. The van der Waals surface area contributed by atoms with Gasteiger partial charge in [-0.25, -0.2) is 0 Å². The summed E-state index contributed by atoms with van der Waals surface area (Å²) >= 11 is 0. The van der Waals surface area contributed by atoms with E-state index in [1.807, 2.05) is 13.0 Å². The molecule has 2 rings (SSSR count). The summed E-state index contributed by atoms with van der Waals surface area (Å²) in [5, 5.41) is 0. The quantitative estimate of drug-likeness (QED) is 0.522. The fourth-order valence-corrected chi connectivity index (χ4v) is 2.14. The van der Waals surface area contributed by atoms with E-state index in [9.17, 15) is 13.2 Å². The molecule has 0 aliphatic heterocycles. The van der Waals surface area contributed by atoms with E-state index < -0.39 is 11.7 Å². The zero-order valence-corrected chi connectivity index (χ0v) is 14.2. The van der Waals surface area contributed by atoms with Crippen LogP contribution in [0.25, 0.3) is 0 Å². The second-order valence-corrected chi connectivity index (χ2v) is 5.64. The van der Waals surface area contributed by atoms with Gasteiger partial charge in [-0.05, 0) is 68.0 Å². The summed E-state index contributed by atoms with van der Waals surface area (Å²) < 4.78 is 48.9. The van der Waals surface area contributed by atoms with Crippen molar-refractivity contribution >= 4 is 0 Å². The van der Waals surface area contributed by atoms with Crippen molar-refractivity contribution in [2.75, 3.05) is 0 Å². The van der Waals surface area contributed by atoms with Crippen molar-refractivity contribution in [1.82, 2.24) is 0 Å². The predicted molar refractivity (Wildman–Crippen MR) is 92.1 cm³/mol. The fourth-order valence-electron chi connectivity index (χ4n) is 2.14. The molecule has 0 bridgehead atoms. The van der Waals surface area contributed by atoms with Gasteiger partial charge in [0.2, 0.25) is 0 Å². The number of hydrogen-bond acceptors (Lipinski definition) is 2. The average Bonchev–Trinajstić information content (AvgIpc) is 2.57. The summed E-state index contributed by atoms with van der Waals surface area (Å²) in [7, 11) is 0. The van der Waals surface area contributed by atoms with Crippen LogP contribution in [0.15, 0.2) is 60.7 Å². The van der Waals surface area contributed by atoms with Gasteiger partial charge in [0.15, 0.2) is 0 Å². The molecule has 134 valence electrons. The summed E-state index contributed by atoms with van der Waals surface area (Å²) in [6.07, 6.45) is 1.84. The third kappa shape index (κ3) is 6.18. The lowest BCUT2D eigenvalue weighted by Crippen LogP contribution is -2.07. The molecule has 2 aromatic rings. The minimum atomic E-state index is -4.35. The molecular weight excluding hydrogens is 329 g/mol. The lowest BCUT2D eigenvalue weighted by atomic mass is 10.2. The van der Waals surface area contributed by atoms with Crippen LogP contribution in [0, 0.1) is 0 Å². The molecule has 0 radical (unpaired) electrons. The normalized spacial score (nSPS) is 13.0. The summed E-state index contributed by atoms with van der Waals surface area (Å²) in [5.74, 6) is 1.58. The minimum absolute atomic E-state index is 0.0340. The number of allylic oxidation sites excluding steroid dienone is 1. The van der Waals surface area contributed by atoms with E-state index in [-0.39, 0.29) is 6.10 Å². The van der Waals surface area contributed by atoms with Gasteiger partial charge in [-0.1, -0.05) is 19.4 Å². The Bertz CT molecular complexity index is 674. The van der Waals surface area contributed by atoms with Gasteiger partial charge in [-0.3, -0.25) is 0 Å². The summed E-state index contributed by atoms with van der Waals surface area (Å²) in [4.78, 5) is 0. The maximum absolute atomic E-state index is 12.5. The molecule has 1 unspecified atom stereocenters. The first-order valence-corrected chi connectivity index (χ1v) is 8.17. The third-order valence-corrected chi connectivity index (χ3v) is 3.43. The van der Waals surface area contributed by atoms with E-state index in [1.165, 1.54) is 12.1 Å². The molecule has 0 saturated carbocycles. The molecule has 0 saturated heterocycles. The van der Waals surface area contributed by atoms with Crippen molar-refractivity contribution in [2.24, 2.45) is 0 Å². The Morgan fingerprint density at radius 3 is 1.96 bits per heavy atom. The summed E-state index contributed by atoms with van der Waals surface area (Å²) in [6.45, 7) is 4.07. The Morgan fingerprint density at radius 1 is 0.920 bits per heavy atom. The topological polar surface area (TPSA) is 18.5 Å². The van der Waals surface area contributed by atoms with Crippen molar-refractivity contribution in [3.8, 4) is 17.2 Å². The van der Waals surface area contributed by atoms with Crippen LogP contribution in [0.3, 0.4) is 0 Å². The molecule has 0 aliphatic rings. The minimum Gasteiger partial charge on any atom is -0.487 e. The Hall–Kier alpha value is -2.43. The molecule has 0 heterocycles. The molecule has 0 aliphatic carbocycles. The van der Waals surface area contributed by atoms with Gasteiger partial charge in [-0.2, -0.15) is 13.2 Å². The number of ether oxygens (including phenoxy) is 2. The maximum Gasteiger partial charge on any atom is 0.416 e. The van der Waals surface area contributed by atoms with Gasteiger partial charge in [0.1, 0.15) is 23.4 Å². The Morgan fingerprint density at radius 2 is 1.44 bits per heavy atom. The van der Waals surface area contributed by atoms with E-state index in [4.69, 9.17) is 9.47 Å². The van der Waals surface area contributed by atoms with Crippen LogP contribution < -0.4 is 9.47 Å². The predicted octanol–water partition coefficient (Wildman–Crippen LogP) is 6.62. The second-order valence-electron chi connectivity index (χ2n) is 5.64. The molecule has 5 heteroatoms. The van der Waals surface area contributed by atoms with Gasteiger partial charge in [-0.15, -0.1) is 0 Å². The molecule has 0 spiro atoms. The van der Waals surface area contributed by atoms with Gasteiger partial charge in [0, 0.05) is 0 Å². The lowest BCUT2D eigenvalue weighted by Gasteiger charge is -2.12. The zero-order valence-electron chi connectivity index (χ0n) is 14.2. The van der Waals surface area contributed by atoms with Gasteiger partial charge in [0.25, 0.3) is 0 Å². The van der Waals surface area contributed by atoms with Crippen LogP contribution in [0.5, 0.6) is 17.2 Å². The van der Waals surface area contributed by atoms with E-state index in [0.717, 1.165) is 25.0 Å². The molecule has 25 heavy (non-hydrogen) atoms. The maximum atomic E-state index is 12.5. The Labute approximate surface area is 145 Å². The van der Waals surface area contributed by atoms with Crippen molar-refractivity contribution < 1.29 is 22.6 Å². The van der Waals surface area contributed by atoms with Crippen molar-refractivity contribution in [2.45, 2.75) is 39.0 Å². The van der Waals surface area contributed by atoms with E-state index in [1.54, 1.807) is 24.3 Å². The molecule has 2 aromatic carbocycles. The highest BCUT2D eigenvalue weighted by Crippen LogP contribution is 2.31. The smallest absolute Gasteiger partial charge is 0.416 e. The molecular formula is C20H21F3O2. The highest BCUT2D eigenvalue weighted by atomic mass is 19.4. The number of alkyl halides is 3. The molecule has 0 N–H and O–H groups in total. The van der Waals surface area contributed by atoms with E-state index in [0.29, 0.717) is 17.2 Å². The molecule has 0 fully saturated rings. The molecule has 0 aromatic heterocycles. The van der Waals surface area contributed by atoms with Crippen LogP contribution in [-0.4, -0.2) is 6.10 Å². The highest BCUT2D eigenvalue weighted by Gasteiger charge is 2.30. The number of halogens is 3. The monoisotopic (exact) mass is 350 g/mol. The van der Waals surface area contributed by atoms with Crippen molar-refractivity contribution in [1.29, 1.82) is 0 Å². The number of benzene rings is 2. The first-order chi connectivity index (χ1) is 11.9. The van der Waals surface area contributed by atoms with Gasteiger partial charge >= 0.3 is 6.18 Å². The van der Waals surface area contributed by atoms with Crippen molar-refractivity contribution in [3.05, 3.63) is 66.2 Å². The Kier molecular flexibility index (Phi) is 6.51. The SMILES string of the molecule is CCCC=CC(C)Oc1ccc(Oc2ccc(C(F)(F)F)cc2)cc1. The second kappa shape index (κ2) is 8.60. The van der Waals surface area contributed by atoms with Crippen molar-refractivity contribution in [3.63, 3.8) is 0 Å². The lowest BCUT2D eigenvalue weighted by molar-refractivity contribution is -0.137. The van der Waals surface area contributed by atoms with Crippen LogP contribution in [-0.2, 0) is 6.18 Å². The largest absolute Gasteiger partial charge is 0.487 e. The average molecular weight is 350 g/mol. The van der Waals surface area contributed by atoms with Crippen LogP contribution in [0.4, 0.5) is 13.2 Å². The first-order valence-electron chi connectivity index (χ1n) is 8.17. The van der Waals surface area contributed by atoms with Crippen LogP contribution >= 0.6 is 0 Å². The fraction of sp³-hybridized carbons (Fsp3) is 0.300. The van der Waals surface area contributed by atoms with Gasteiger partial charge < -0.3 is 9.47 Å². The van der Waals surface area contributed by atoms with E-state index >= 15 is 0 Å². The summed E-state index contributed by atoms with van der Waals surface area (Å²) in [6, 6.07) is 11.6. The van der Waals surface area contributed by atoms with Crippen LogP contribution in [0.2, 0.25) is 0 Å². The molecule has 1 atom stereocenters. The number of hydrogen-bond donors (Lipinski definition) is 0. The first kappa shape index (κ1) is 18.9. The van der Waals surface area contributed by atoms with Gasteiger partial charge in [0.05, 0.1) is 5.56 Å². The van der Waals surface area contributed by atoms with Crippen LogP contribution in [0.1, 0.15) is 32.3 Å². The Balaban J connectivity index is 1.94. The molecule has 0 amide bonds. The standard InChI is InChI=1S/C20H21F3O2/c1-3-4-5-6-15(2)24-17-11-13-19(14-12-17)25-18-9-7-16(8-10-18)20(21,22)23/h5-15H,3-4H2,1-2H3. The number of unbranched alkanes of at least 4 members (excludes halogenated alkanes) is 1.